The van der Waals surface area contributed by atoms with Gasteiger partial charge in [-0.15, -0.1) is 36.2 Å². The third kappa shape index (κ3) is 2.15. The molecule has 7 heteroatoms. The highest BCUT2D eigenvalue weighted by molar-refractivity contribution is 7.29. The van der Waals surface area contributed by atoms with Crippen LogP contribution in [0.2, 0.25) is 0 Å². The Morgan fingerprint density at radius 3 is 2.81 bits per heavy atom. The number of nitrogens with zero attached hydrogens (tertiary/aromatic N) is 2. The Kier molecular flexibility index (Phi) is 4.42. The summed E-state index contributed by atoms with van der Waals surface area (Å²) in [5, 5.41) is 0.702. The number of thiophene rings is 1. The van der Waals surface area contributed by atoms with Gasteiger partial charge in [0.1, 0.15) is 4.83 Å². The molecule has 0 saturated heterocycles. The van der Waals surface area contributed by atoms with Crippen LogP contribution in [0, 0.1) is 0 Å². The van der Waals surface area contributed by atoms with Crippen LogP contribution >= 0.6 is 47.5 Å². The molecular formula is C9H13Cl2N3S2. The first-order valence-electron chi connectivity index (χ1n) is 4.59. The molecule has 0 saturated carbocycles. The number of aromatic nitrogens is 1. The van der Waals surface area contributed by atoms with Gasteiger partial charge in [-0.05, 0) is 19.0 Å². The van der Waals surface area contributed by atoms with Crippen LogP contribution in [-0.4, -0.2) is 23.5 Å². The van der Waals surface area contributed by atoms with Crippen molar-refractivity contribution in [3.63, 3.8) is 0 Å². The zero-order valence-electron chi connectivity index (χ0n) is 8.73. The fraction of sp³-hybridized carbons (Fsp3) is 0.444. The van der Waals surface area contributed by atoms with Gasteiger partial charge in [0.2, 0.25) is 0 Å². The third-order valence-electron chi connectivity index (χ3n) is 2.60. The summed E-state index contributed by atoms with van der Waals surface area (Å²) in [6.07, 6.45) is 1.15. The van der Waals surface area contributed by atoms with Crippen LogP contribution in [0.15, 0.2) is 0 Å². The van der Waals surface area contributed by atoms with Gasteiger partial charge >= 0.3 is 0 Å². The molecule has 0 amide bonds. The average Bonchev–Trinajstić information content (AvgIpc) is 2.59. The lowest BCUT2D eigenvalue weighted by Crippen LogP contribution is -2.25. The van der Waals surface area contributed by atoms with E-state index >= 15 is 0 Å². The molecule has 1 aliphatic rings. The number of nitrogens with two attached hydrogens (primary N) is 1. The van der Waals surface area contributed by atoms with Gasteiger partial charge < -0.3 is 10.6 Å². The van der Waals surface area contributed by atoms with E-state index in [9.17, 15) is 0 Å². The Balaban J connectivity index is 0.000000640. The van der Waals surface area contributed by atoms with Crippen molar-refractivity contribution in [1.29, 1.82) is 0 Å². The molecule has 0 bridgehead atoms. The van der Waals surface area contributed by atoms with Crippen molar-refractivity contribution in [2.75, 3.05) is 19.3 Å². The summed E-state index contributed by atoms with van der Waals surface area (Å²) >= 11 is 3.44. The molecular weight excluding hydrogens is 285 g/mol. The molecule has 3 rings (SSSR count). The normalized spacial score (nSPS) is 15.3. The van der Waals surface area contributed by atoms with Crippen LogP contribution in [0.3, 0.4) is 0 Å². The number of anilines is 1. The summed E-state index contributed by atoms with van der Waals surface area (Å²) in [6, 6.07) is 0. The van der Waals surface area contributed by atoms with E-state index in [-0.39, 0.29) is 24.8 Å². The van der Waals surface area contributed by atoms with Crippen molar-refractivity contribution in [1.82, 2.24) is 9.88 Å². The van der Waals surface area contributed by atoms with E-state index < -0.39 is 0 Å². The lowest BCUT2D eigenvalue weighted by molar-refractivity contribution is 0.318. The number of halogens is 2. The number of fused-ring (bicyclic) bond motifs is 3. The molecule has 0 fully saturated rings. The van der Waals surface area contributed by atoms with Gasteiger partial charge in [0.25, 0.3) is 0 Å². The van der Waals surface area contributed by atoms with Gasteiger partial charge in [0.15, 0.2) is 5.13 Å². The molecule has 3 nitrogen and oxygen atoms in total. The summed E-state index contributed by atoms with van der Waals surface area (Å²) in [4.78, 5) is 9.30. The highest BCUT2D eigenvalue weighted by Crippen LogP contribution is 2.38. The zero-order valence-corrected chi connectivity index (χ0v) is 12.0. The fourth-order valence-electron chi connectivity index (χ4n) is 1.89. The molecule has 0 aromatic carbocycles. The van der Waals surface area contributed by atoms with E-state index in [2.05, 4.69) is 16.9 Å². The van der Waals surface area contributed by atoms with Crippen molar-refractivity contribution in [3.05, 3.63) is 10.4 Å². The summed E-state index contributed by atoms with van der Waals surface area (Å²) in [5.74, 6) is 0. The predicted octanol–water partition coefficient (Wildman–Crippen LogP) is 2.77. The number of nitrogen functional groups attached to an aromatic ring is 1. The smallest absolute Gasteiger partial charge is 0.181 e. The van der Waals surface area contributed by atoms with Crippen LogP contribution in [0.1, 0.15) is 10.4 Å². The zero-order chi connectivity index (χ0) is 9.71. The maximum Gasteiger partial charge on any atom is 0.181 e. The molecule has 1 aliphatic heterocycles. The SMILES string of the molecule is CN1CCc2c(sc3nc(N)sc23)C1.Cl.Cl. The lowest BCUT2D eigenvalue weighted by atomic mass is 10.1. The number of hydrogen-bond acceptors (Lipinski definition) is 5. The number of hydrogen-bond donors (Lipinski definition) is 1. The maximum absolute atomic E-state index is 5.70. The highest BCUT2D eigenvalue weighted by Gasteiger charge is 2.20. The molecule has 90 valence electrons. The van der Waals surface area contributed by atoms with Crippen molar-refractivity contribution in [2.45, 2.75) is 13.0 Å². The van der Waals surface area contributed by atoms with Crippen LogP contribution in [0.5, 0.6) is 0 Å². The van der Waals surface area contributed by atoms with E-state index in [1.807, 2.05) is 0 Å². The number of thiazole rings is 1. The predicted molar refractivity (Wildman–Crippen MR) is 76.4 cm³/mol. The molecule has 0 radical (unpaired) electrons. The van der Waals surface area contributed by atoms with Crippen LogP contribution < -0.4 is 5.73 Å². The molecule has 2 aromatic rings. The topological polar surface area (TPSA) is 42.2 Å². The minimum absolute atomic E-state index is 0. The summed E-state index contributed by atoms with van der Waals surface area (Å²) in [6.45, 7) is 2.22. The maximum atomic E-state index is 5.70. The largest absolute Gasteiger partial charge is 0.375 e. The lowest BCUT2D eigenvalue weighted by Gasteiger charge is -2.21. The van der Waals surface area contributed by atoms with Crippen molar-refractivity contribution < 1.29 is 0 Å². The van der Waals surface area contributed by atoms with Crippen molar-refractivity contribution in [3.8, 4) is 0 Å². The second-order valence-electron chi connectivity index (χ2n) is 3.68. The van der Waals surface area contributed by atoms with Gasteiger partial charge in [-0.1, -0.05) is 11.3 Å². The first-order valence-corrected chi connectivity index (χ1v) is 6.22. The Morgan fingerprint density at radius 2 is 2.06 bits per heavy atom. The van der Waals surface area contributed by atoms with Crippen LogP contribution in [-0.2, 0) is 13.0 Å². The summed E-state index contributed by atoms with van der Waals surface area (Å²) < 4.78 is 1.33. The molecule has 0 unspecified atom stereocenters. The quantitative estimate of drug-likeness (QED) is 0.813. The monoisotopic (exact) mass is 297 g/mol. The fourth-order valence-corrected chi connectivity index (χ4v) is 4.30. The molecule has 0 spiro atoms. The van der Waals surface area contributed by atoms with Crippen molar-refractivity contribution >= 4 is 62.1 Å². The van der Waals surface area contributed by atoms with Crippen LogP contribution in [0.4, 0.5) is 5.13 Å². The molecule has 2 N–H and O–H groups in total. The molecule has 2 aromatic heterocycles. The number of rotatable bonds is 0. The number of likely N-dealkylation sites (N-methyl/N-ethyl adjacent to an activating group) is 1. The molecule has 0 atom stereocenters. The third-order valence-corrected chi connectivity index (χ3v) is 4.78. The molecule has 0 aliphatic carbocycles. The molecule has 3 heterocycles. The van der Waals surface area contributed by atoms with Crippen molar-refractivity contribution in [2.24, 2.45) is 0 Å². The van der Waals surface area contributed by atoms with E-state index in [1.54, 1.807) is 22.7 Å². The van der Waals surface area contributed by atoms with E-state index in [0.717, 1.165) is 24.3 Å². The first kappa shape index (κ1) is 14.0. The van der Waals surface area contributed by atoms with E-state index in [1.165, 1.54) is 15.1 Å². The van der Waals surface area contributed by atoms with Gasteiger partial charge in [-0.25, -0.2) is 4.98 Å². The summed E-state index contributed by atoms with van der Waals surface area (Å²) in [7, 11) is 2.17. The highest BCUT2D eigenvalue weighted by atomic mass is 35.5. The Labute approximate surface area is 114 Å². The second-order valence-corrected chi connectivity index (χ2v) is 5.79. The van der Waals surface area contributed by atoms with E-state index in [0.29, 0.717) is 5.13 Å². The first-order chi connectivity index (χ1) is 6.74. The Bertz CT molecular complexity index is 494. The second kappa shape index (κ2) is 5.06. The minimum atomic E-state index is 0. The Morgan fingerprint density at radius 1 is 1.31 bits per heavy atom. The van der Waals surface area contributed by atoms with Gasteiger partial charge in [0, 0.05) is 18.0 Å². The van der Waals surface area contributed by atoms with Gasteiger partial charge in [-0.3, -0.25) is 0 Å². The van der Waals surface area contributed by atoms with Gasteiger partial charge in [-0.2, -0.15) is 0 Å². The van der Waals surface area contributed by atoms with Gasteiger partial charge in [0.05, 0.1) is 4.70 Å². The van der Waals surface area contributed by atoms with Crippen LogP contribution in [0.25, 0.3) is 9.53 Å². The average molecular weight is 298 g/mol. The standard InChI is InChI=1S/C9H11N3S2.2ClH/c1-12-3-2-5-6(4-12)13-8-7(5)14-9(10)11-8;;/h2-4H2,1H3,(H2,10,11);2*1H. The Hall–Kier alpha value is -0.0700. The minimum Gasteiger partial charge on any atom is -0.375 e. The summed E-state index contributed by atoms with van der Waals surface area (Å²) in [5.41, 5.74) is 7.20. The molecule has 16 heavy (non-hydrogen) atoms. The van der Waals surface area contributed by atoms with E-state index in [4.69, 9.17) is 5.73 Å².